The van der Waals surface area contributed by atoms with Crippen LogP contribution in [0, 0.1) is 5.92 Å². The Balaban J connectivity index is 1.47. The average molecular weight is 390 g/mol. The number of fused-ring (bicyclic) bond motifs is 2. The molecule has 3 rings (SSSR count). The zero-order chi connectivity index (χ0) is 20.1. The Morgan fingerprint density at radius 1 is 1.14 bits per heavy atom. The number of alkyl carbamates (subject to hydrolysis) is 1. The Hall–Kier alpha value is -2.28. The maximum atomic E-state index is 12.6. The van der Waals surface area contributed by atoms with Gasteiger partial charge in [0.1, 0.15) is 12.2 Å². The van der Waals surface area contributed by atoms with E-state index in [9.17, 15) is 9.59 Å². The first kappa shape index (κ1) is 20.5. The van der Waals surface area contributed by atoms with Crippen molar-refractivity contribution in [2.45, 2.75) is 57.9 Å². The SMILES string of the molecule is CC(C)(C)OC(=O)N1C2COCC1CC(CNC(=O)OCc1ccccc1)C2. The van der Waals surface area contributed by atoms with E-state index >= 15 is 0 Å². The monoisotopic (exact) mass is 390 g/mol. The molecule has 28 heavy (non-hydrogen) atoms. The quantitative estimate of drug-likeness (QED) is 0.853. The topological polar surface area (TPSA) is 77.1 Å². The molecular weight excluding hydrogens is 360 g/mol. The molecule has 2 amide bonds. The molecule has 154 valence electrons. The minimum absolute atomic E-state index is 0.0190. The summed E-state index contributed by atoms with van der Waals surface area (Å²) in [4.78, 5) is 26.4. The van der Waals surface area contributed by atoms with Crippen LogP contribution in [-0.2, 0) is 20.8 Å². The number of ether oxygens (including phenoxy) is 3. The number of piperidine rings is 1. The predicted octanol–water partition coefficient (Wildman–Crippen LogP) is 3.33. The molecule has 2 saturated heterocycles. The average Bonchev–Trinajstić information content (AvgIpc) is 2.63. The molecule has 0 aliphatic carbocycles. The Bertz CT molecular complexity index is 659. The van der Waals surface area contributed by atoms with Crippen molar-refractivity contribution in [3.05, 3.63) is 35.9 Å². The minimum Gasteiger partial charge on any atom is -0.445 e. The molecule has 7 heteroatoms. The van der Waals surface area contributed by atoms with Gasteiger partial charge in [-0.2, -0.15) is 0 Å². The molecule has 2 bridgehead atoms. The summed E-state index contributed by atoms with van der Waals surface area (Å²) in [7, 11) is 0. The Kier molecular flexibility index (Phi) is 6.44. The van der Waals surface area contributed by atoms with Crippen LogP contribution in [0.4, 0.5) is 9.59 Å². The second-order valence-electron chi connectivity index (χ2n) is 8.51. The number of morpholine rings is 1. The lowest BCUT2D eigenvalue weighted by Crippen LogP contribution is -2.60. The predicted molar refractivity (Wildman–Crippen MR) is 104 cm³/mol. The number of rotatable bonds is 4. The van der Waals surface area contributed by atoms with Gasteiger partial charge in [-0.3, -0.25) is 4.90 Å². The van der Waals surface area contributed by atoms with Crippen LogP contribution in [0.15, 0.2) is 30.3 Å². The summed E-state index contributed by atoms with van der Waals surface area (Å²) in [5.74, 6) is 0.280. The molecule has 2 atom stereocenters. The summed E-state index contributed by atoms with van der Waals surface area (Å²) in [5, 5.41) is 2.86. The molecule has 2 fully saturated rings. The van der Waals surface area contributed by atoms with Crippen molar-refractivity contribution in [2.75, 3.05) is 19.8 Å². The largest absolute Gasteiger partial charge is 0.445 e. The summed E-state index contributed by atoms with van der Waals surface area (Å²) >= 11 is 0. The first-order valence-corrected chi connectivity index (χ1v) is 9.85. The van der Waals surface area contributed by atoms with Gasteiger partial charge >= 0.3 is 12.2 Å². The summed E-state index contributed by atoms with van der Waals surface area (Å²) in [6, 6.07) is 9.55. The molecule has 0 saturated carbocycles. The molecular formula is C21H30N2O5. The zero-order valence-corrected chi connectivity index (χ0v) is 16.8. The van der Waals surface area contributed by atoms with E-state index in [0.717, 1.165) is 18.4 Å². The van der Waals surface area contributed by atoms with Crippen LogP contribution >= 0.6 is 0 Å². The summed E-state index contributed by atoms with van der Waals surface area (Å²) in [5.41, 5.74) is 0.433. The molecule has 2 aliphatic heterocycles. The van der Waals surface area contributed by atoms with E-state index in [1.165, 1.54) is 0 Å². The Morgan fingerprint density at radius 3 is 2.39 bits per heavy atom. The maximum Gasteiger partial charge on any atom is 0.410 e. The first-order chi connectivity index (χ1) is 13.3. The lowest BCUT2D eigenvalue weighted by molar-refractivity contribution is -0.0892. The molecule has 0 spiro atoms. The van der Waals surface area contributed by atoms with Crippen molar-refractivity contribution in [3.63, 3.8) is 0 Å². The van der Waals surface area contributed by atoms with Crippen molar-refractivity contribution in [3.8, 4) is 0 Å². The van der Waals surface area contributed by atoms with Crippen molar-refractivity contribution < 1.29 is 23.8 Å². The van der Waals surface area contributed by atoms with Gasteiger partial charge in [0.15, 0.2) is 0 Å². The van der Waals surface area contributed by atoms with E-state index < -0.39 is 11.7 Å². The lowest BCUT2D eigenvalue weighted by Gasteiger charge is -2.48. The van der Waals surface area contributed by atoms with Crippen LogP contribution < -0.4 is 5.32 Å². The summed E-state index contributed by atoms with van der Waals surface area (Å²) in [6.45, 7) is 7.40. The number of nitrogens with one attached hydrogen (secondary N) is 1. The van der Waals surface area contributed by atoms with Gasteiger partial charge < -0.3 is 19.5 Å². The highest BCUT2D eigenvalue weighted by atomic mass is 16.6. The van der Waals surface area contributed by atoms with E-state index in [1.807, 2.05) is 56.0 Å². The molecule has 2 unspecified atom stereocenters. The molecule has 1 N–H and O–H groups in total. The van der Waals surface area contributed by atoms with E-state index in [1.54, 1.807) is 0 Å². The molecule has 1 aromatic carbocycles. The smallest absolute Gasteiger partial charge is 0.410 e. The third-order valence-corrected chi connectivity index (χ3v) is 4.97. The first-order valence-electron chi connectivity index (χ1n) is 9.85. The van der Waals surface area contributed by atoms with Crippen LogP contribution in [-0.4, -0.2) is 54.5 Å². The zero-order valence-electron chi connectivity index (χ0n) is 16.8. The minimum atomic E-state index is -0.521. The van der Waals surface area contributed by atoms with Crippen LogP contribution in [0.3, 0.4) is 0 Å². The highest BCUT2D eigenvalue weighted by molar-refractivity contribution is 5.69. The highest BCUT2D eigenvalue weighted by Crippen LogP contribution is 2.32. The van der Waals surface area contributed by atoms with Crippen molar-refractivity contribution in [2.24, 2.45) is 5.92 Å². The second kappa shape index (κ2) is 8.82. The molecule has 7 nitrogen and oxygen atoms in total. The number of hydrogen-bond donors (Lipinski definition) is 1. The number of carbonyl (C=O) groups is 2. The standard InChI is InChI=1S/C21H30N2O5/c1-21(2,3)28-20(25)23-17-9-16(10-18(23)14-26-13-17)11-22-19(24)27-12-15-7-5-4-6-8-15/h4-8,16-18H,9-14H2,1-3H3,(H,22,24). The van der Waals surface area contributed by atoms with E-state index in [2.05, 4.69) is 5.32 Å². The van der Waals surface area contributed by atoms with Crippen LogP contribution in [0.25, 0.3) is 0 Å². The summed E-state index contributed by atoms with van der Waals surface area (Å²) < 4.78 is 16.5. The van der Waals surface area contributed by atoms with Crippen molar-refractivity contribution >= 4 is 12.2 Å². The Labute approximate surface area is 166 Å². The van der Waals surface area contributed by atoms with E-state index in [-0.39, 0.29) is 30.7 Å². The molecule has 1 aromatic rings. The lowest BCUT2D eigenvalue weighted by atomic mass is 9.85. The molecule has 0 aromatic heterocycles. The van der Waals surface area contributed by atoms with Gasteiger partial charge in [0.25, 0.3) is 0 Å². The molecule has 2 aliphatic rings. The third-order valence-electron chi connectivity index (χ3n) is 4.97. The normalized spacial score (nSPS) is 24.4. The van der Waals surface area contributed by atoms with Crippen LogP contribution in [0.5, 0.6) is 0 Å². The fourth-order valence-corrected chi connectivity index (χ4v) is 3.81. The summed E-state index contributed by atoms with van der Waals surface area (Å²) in [6.07, 6.45) is 0.850. The Morgan fingerprint density at radius 2 is 1.79 bits per heavy atom. The van der Waals surface area contributed by atoms with E-state index in [0.29, 0.717) is 19.8 Å². The van der Waals surface area contributed by atoms with Crippen molar-refractivity contribution in [1.29, 1.82) is 0 Å². The fraction of sp³-hybridized carbons (Fsp3) is 0.619. The van der Waals surface area contributed by atoms with Gasteiger partial charge in [-0.05, 0) is 45.1 Å². The highest BCUT2D eigenvalue weighted by Gasteiger charge is 2.43. The van der Waals surface area contributed by atoms with Gasteiger partial charge in [0, 0.05) is 6.54 Å². The second-order valence-corrected chi connectivity index (χ2v) is 8.51. The van der Waals surface area contributed by atoms with Gasteiger partial charge in [-0.15, -0.1) is 0 Å². The number of carbonyl (C=O) groups excluding carboxylic acids is 2. The fourth-order valence-electron chi connectivity index (χ4n) is 3.81. The van der Waals surface area contributed by atoms with Gasteiger partial charge in [0.05, 0.1) is 25.3 Å². The van der Waals surface area contributed by atoms with Crippen molar-refractivity contribution in [1.82, 2.24) is 10.2 Å². The van der Waals surface area contributed by atoms with Gasteiger partial charge in [-0.1, -0.05) is 30.3 Å². The number of benzene rings is 1. The maximum absolute atomic E-state index is 12.6. The van der Waals surface area contributed by atoms with Crippen LogP contribution in [0.2, 0.25) is 0 Å². The molecule has 0 radical (unpaired) electrons. The molecule has 2 heterocycles. The van der Waals surface area contributed by atoms with Gasteiger partial charge in [0.2, 0.25) is 0 Å². The number of nitrogens with zero attached hydrogens (tertiary/aromatic N) is 1. The van der Waals surface area contributed by atoms with Gasteiger partial charge in [-0.25, -0.2) is 9.59 Å². The number of amides is 2. The number of hydrogen-bond acceptors (Lipinski definition) is 5. The van der Waals surface area contributed by atoms with E-state index in [4.69, 9.17) is 14.2 Å². The third kappa shape index (κ3) is 5.61. The van der Waals surface area contributed by atoms with Crippen LogP contribution in [0.1, 0.15) is 39.2 Å².